The number of H-pyrrole nitrogens is 1. The van der Waals surface area contributed by atoms with Gasteiger partial charge in [-0.05, 0) is 26.2 Å². The maximum absolute atomic E-state index is 12.8. The van der Waals surface area contributed by atoms with Gasteiger partial charge in [0.1, 0.15) is 4.88 Å². The number of carbonyl (C=O) groups excluding carboxylic acids is 1. The van der Waals surface area contributed by atoms with Gasteiger partial charge in [-0.2, -0.15) is 0 Å². The highest BCUT2D eigenvalue weighted by Crippen LogP contribution is 2.28. The summed E-state index contributed by atoms with van der Waals surface area (Å²) in [7, 11) is 0. The number of carbonyl (C=O) groups is 1. The molecule has 1 saturated heterocycles. The standard InChI is InChI=1S/C18H21N5O2S/c1-3-13-7-16(24)23-15(20-13)8-14(21-23)12-5-4-6-22(9-12)18(25)17-11(2)19-10-26-17/h7-8,10,12,21H,3-6,9H2,1-2H3. The van der Waals surface area contributed by atoms with E-state index in [1.165, 1.54) is 15.9 Å². The second-order valence-electron chi connectivity index (χ2n) is 6.70. The van der Waals surface area contributed by atoms with E-state index < -0.39 is 0 Å². The Morgan fingerprint density at radius 3 is 3.00 bits per heavy atom. The summed E-state index contributed by atoms with van der Waals surface area (Å²) < 4.78 is 1.49. The Kier molecular flexibility index (Phi) is 4.36. The second kappa shape index (κ2) is 6.68. The highest BCUT2D eigenvalue weighted by Gasteiger charge is 2.28. The highest BCUT2D eigenvalue weighted by molar-refractivity contribution is 7.11. The van der Waals surface area contributed by atoms with Gasteiger partial charge in [0.15, 0.2) is 5.65 Å². The Hall–Kier alpha value is -2.48. The van der Waals surface area contributed by atoms with Crippen molar-refractivity contribution in [3.05, 3.63) is 50.0 Å². The molecule has 0 radical (unpaired) electrons. The number of amides is 1. The molecule has 0 saturated carbocycles. The van der Waals surface area contributed by atoms with Crippen molar-refractivity contribution in [3.63, 3.8) is 0 Å². The van der Waals surface area contributed by atoms with Crippen molar-refractivity contribution in [3.8, 4) is 0 Å². The summed E-state index contributed by atoms with van der Waals surface area (Å²) in [6, 6.07) is 3.51. The summed E-state index contributed by atoms with van der Waals surface area (Å²) in [6.07, 6.45) is 2.64. The molecule has 3 aromatic rings. The molecular formula is C18H21N5O2S. The fourth-order valence-electron chi connectivity index (χ4n) is 3.52. The van der Waals surface area contributed by atoms with Crippen LogP contribution >= 0.6 is 11.3 Å². The third-order valence-electron chi connectivity index (χ3n) is 4.97. The van der Waals surface area contributed by atoms with Gasteiger partial charge in [0.05, 0.1) is 11.2 Å². The first kappa shape index (κ1) is 17.0. The van der Waals surface area contributed by atoms with Crippen LogP contribution in [0.4, 0.5) is 0 Å². The van der Waals surface area contributed by atoms with Gasteiger partial charge in [-0.25, -0.2) is 14.5 Å². The van der Waals surface area contributed by atoms with E-state index >= 15 is 0 Å². The lowest BCUT2D eigenvalue weighted by Gasteiger charge is -2.32. The number of likely N-dealkylation sites (tertiary alicyclic amines) is 1. The molecule has 1 fully saturated rings. The molecule has 7 nitrogen and oxygen atoms in total. The Balaban J connectivity index is 1.61. The monoisotopic (exact) mass is 371 g/mol. The Labute approximate surface area is 154 Å². The van der Waals surface area contributed by atoms with E-state index in [0.717, 1.165) is 42.9 Å². The van der Waals surface area contributed by atoms with Crippen molar-refractivity contribution in [1.29, 1.82) is 0 Å². The molecular weight excluding hydrogens is 350 g/mol. The first-order valence-corrected chi connectivity index (χ1v) is 9.75. The summed E-state index contributed by atoms with van der Waals surface area (Å²) >= 11 is 1.39. The number of aryl methyl sites for hydroxylation is 2. The molecule has 26 heavy (non-hydrogen) atoms. The zero-order valence-corrected chi connectivity index (χ0v) is 15.7. The molecule has 1 atom stereocenters. The molecule has 1 aliphatic heterocycles. The lowest BCUT2D eigenvalue weighted by Crippen LogP contribution is -2.39. The molecule has 4 heterocycles. The van der Waals surface area contributed by atoms with Gasteiger partial charge in [-0.15, -0.1) is 11.3 Å². The van der Waals surface area contributed by atoms with Gasteiger partial charge >= 0.3 is 0 Å². The molecule has 0 spiro atoms. The zero-order chi connectivity index (χ0) is 18.3. The van der Waals surface area contributed by atoms with Gasteiger partial charge in [-0.3, -0.25) is 14.7 Å². The first-order valence-electron chi connectivity index (χ1n) is 8.87. The number of hydrogen-bond acceptors (Lipinski definition) is 5. The molecule has 8 heteroatoms. The molecule has 0 aliphatic carbocycles. The van der Waals surface area contributed by atoms with E-state index in [9.17, 15) is 9.59 Å². The van der Waals surface area contributed by atoms with Crippen LogP contribution in [0.3, 0.4) is 0 Å². The molecule has 4 rings (SSSR count). The number of rotatable bonds is 3. The molecule has 1 N–H and O–H groups in total. The fourth-order valence-corrected chi connectivity index (χ4v) is 4.28. The van der Waals surface area contributed by atoms with Crippen LogP contribution in [0.25, 0.3) is 5.65 Å². The number of thiazole rings is 1. The van der Waals surface area contributed by atoms with Crippen LogP contribution < -0.4 is 5.56 Å². The van der Waals surface area contributed by atoms with Gasteiger partial charge < -0.3 is 4.90 Å². The summed E-state index contributed by atoms with van der Waals surface area (Å²) in [5.41, 5.74) is 4.80. The van der Waals surface area contributed by atoms with Crippen LogP contribution in [-0.2, 0) is 6.42 Å². The first-order chi connectivity index (χ1) is 12.6. The maximum Gasteiger partial charge on any atom is 0.272 e. The molecule has 0 bridgehead atoms. The minimum absolute atomic E-state index is 0.0503. The number of nitrogens with zero attached hydrogens (tertiary/aromatic N) is 4. The SMILES string of the molecule is CCc1cc(=O)n2[nH]c(C3CCCN(C(=O)c4scnc4C)C3)cc2n1. The van der Waals surface area contributed by atoms with Crippen molar-refractivity contribution < 1.29 is 4.79 Å². The number of aromatic nitrogens is 4. The summed E-state index contributed by atoms with van der Waals surface area (Å²) in [5, 5.41) is 3.18. The number of aromatic amines is 1. The molecule has 1 unspecified atom stereocenters. The van der Waals surface area contributed by atoms with Crippen LogP contribution in [0.15, 0.2) is 22.4 Å². The van der Waals surface area contributed by atoms with Crippen molar-refractivity contribution >= 4 is 22.9 Å². The van der Waals surface area contributed by atoms with E-state index in [1.54, 1.807) is 11.6 Å². The Morgan fingerprint density at radius 2 is 2.27 bits per heavy atom. The van der Waals surface area contributed by atoms with Crippen molar-refractivity contribution in [2.45, 2.75) is 39.0 Å². The maximum atomic E-state index is 12.8. The fraction of sp³-hybridized carbons (Fsp3) is 0.444. The minimum atomic E-state index is -0.0953. The van der Waals surface area contributed by atoms with E-state index in [4.69, 9.17) is 0 Å². The van der Waals surface area contributed by atoms with Gasteiger partial charge in [0.25, 0.3) is 11.5 Å². The summed E-state index contributed by atoms with van der Waals surface area (Å²) in [4.78, 5) is 36.3. The highest BCUT2D eigenvalue weighted by atomic mass is 32.1. The Morgan fingerprint density at radius 1 is 1.42 bits per heavy atom. The zero-order valence-electron chi connectivity index (χ0n) is 14.9. The van der Waals surface area contributed by atoms with Gasteiger partial charge in [0.2, 0.25) is 0 Å². The predicted octanol–water partition coefficient (Wildman–Crippen LogP) is 2.37. The quantitative estimate of drug-likeness (QED) is 0.766. The van der Waals surface area contributed by atoms with E-state index in [2.05, 4.69) is 15.1 Å². The minimum Gasteiger partial charge on any atom is -0.337 e. The normalized spacial score (nSPS) is 17.8. The summed E-state index contributed by atoms with van der Waals surface area (Å²) in [5.74, 6) is 0.224. The summed E-state index contributed by atoms with van der Waals surface area (Å²) in [6.45, 7) is 5.24. The van der Waals surface area contributed by atoms with Gasteiger partial charge in [0, 0.05) is 42.5 Å². The lowest BCUT2D eigenvalue weighted by molar-refractivity contribution is 0.0710. The molecule has 136 valence electrons. The van der Waals surface area contributed by atoms with Crippen LogP contribution in [-0.4, -0.2) is 43.5 Å². The smallest absolute Gasteiger partial charge is 0.272 e. The lowest BCUT2D eigenvalue weighted by atomic mass is 9.94. The molecule has 3 aromatic heterocycles. The average molecular weight is 371 g/mol. The average Bonchev–Trinajstić information content (AvgIpc) is 3.27. The van der Waals surface area contributed by atoms with Crippen molar-refractivity contribution in [2.75, 3.05) is 13.1 Å². The topological polar surface area (TPSA) is 83.4 Å². The van der Waals surface area contributed by atoms with E-state index in [0.29, 0.717) is 17.1 Å². The van der Waals surface area contributed by atoms with Crippen LogP contribution in [0.5, 0.6) is 0 Å². The number of fused-ring (bicyclic) bond motifs is 1. The van der Waals surface area contributed by atoms with Crippen LogP contribution in [0.1, 0.15) is 52.4 Å². The largest absolute Gasteiger partial charge is 0.337 e. The number of hydrogen-bond donors (Lipinski definition) is 1. The second-order valence-corrected chi connectivity index (χ2v) is 7.56. The third kappa shape index (κ3) is 2.94. The van der Waals surface area contributed by atoms with E-state index in [1.807, 2.05) is 24.8 Å². The number of piperidine rings is 1. The Bertz CT molecular complexity index is 1020. The predicted molar refractivity (Wildman–Crippen MR) is 99.9 cm³/mol. The van der Waals surface area contributed by atoms with Crippen molar-refractivity contribution in [1.82, 2.24) is 24.5 Å². The molecule has 0 aromatic carbocycles. The molecule has 1 aliphatic rings. The van der Waals surface area contributed by atoms with Crippen LogP contribution in [0.2, 0.25) is 0 Å². The molecule has 1 amide bonds. The van der Waals surface area contributed by atoms with Crippen molar-refractivity contribution in [2.24, 2.45) is 0 Å². The van der Waals surface area contributed by atoms with E-state index in [-0.39, 0.29) is 17.4 Å². The number of nitrogens with one attached hydrogen (secondary N) is 1. The van der Waals surface area contributed by atoms with Gasteiger partial charge in [-0.1, -0.05) is 6.92 Å². The third-order valence-corrected chi connectivity index (χ3v) is 5.89. The van der Waals surface area contributed by atoms with Crippen LogP contribution in [0, 0.1) is 6.92 Å².